The first-order valence-electron chi connectivity index (χ1n) is 10.9. The second kappa shape index (κ2) is 8.72. The second-order valence-electron chi connectivity index (χ2n) is 8.57. The van der Waals surface area contributed by atoms with E-state index in [-0.39, 0.29) is 10.9 Å². The zero-order chi connectivity index (χ0) is 24.8. The summed E-state index contributed by atoms with van der Waals surface area (Å²) in [5.41, 5.74) is 2.90. The van der Waals surface area contributed by atoms with Crippen molar-refractivity contribution in [2.45, 2.75) is 36.4 Å². The van der Waals surface area contributed by atoms with Gasteiger partial charge in [0.05, 0.1) is 11.9 Å². The minimum atomic E-state index is -4.63. The SMILES string of the molecule is Cn1cc(C2=Cc3c(ncnc3N3CCC(NS(=O)(=O)c4ccc(C(F)(F)F)nc4)CC3)C2)cn1. The molecule has 2 aliphatic rings. The molecule has 1 saturated heterocycles. The number of nitrogens with zero attached hydrogens (tertiary/aromatic N) is 6. The van der Waals surface area contributed by atoms with Crippen molar-refractivity contribution in [1.82, 2.24) is 29.5 Å². The number of allylic oxidation sites excluding steroid dienone is 1. The number of aryl methyl sites for hydroxylation is 1. The van der Waals surface area contributed by atoms with Gasteiger partial charge in [-0.3, -0.25) is 9.67 Å². The number of anilines is 1. The van der Waals surface area contributed by atoms with Crippen LogP contribution in [-0.4, -0.2) is 52.3 Å². The molecular weight excluding hydrogens is 483 g/mol. The van der Waals surface area contributed by atoms with E-state index in [2.05, 4.69) is 35.7 Å². The summed E-state index contributed by atoms with van der Waals surface area (Å²) in [5.74, 6) is 0.808. The van der Waals surface area contributed by atoms with Crippen molar-refractivity contribution in [3.63, 3.8) is 0 Å². The van der Waals surface area contributed by atoms with Gasteiger partial charge in [0.25, 0.3) is 0 Å². The molecule has 1 fully saturated rings. The summed E-state index contributed by atoms with van der Waals surface area (Å²) >= 11 is 0. The van der Waals surface area contributed by atoms with Crippen molar-refractivity contribution in [3.8, 4) is 0 Å². The van der Waals surface area contributed by atoms with E-state index in [1.54, 1.807) is 11.0 Å². The van der Waals surface area contributed by atoms with E-state index in [9.17, 15) is 21.6 Å². The molecular formula is C22H22F3N7O2S. The zero-order valence-corrected chi connectivity index (χ0v) is 19.5. The maximum Gasteiger partial charge on any atom is 0.433 e. The van der Waals surface area contributed by atoms with Crippen LogP contribution in [0.25, 0.3) is 11.6 Å². The van der Waals surface area contributed by atoms with E-state index >= 15 is 0 Å². The lowest BCUT2D eigenvalue weighted by molar-refractivity contribution is -0.141. The molecule has 35 heavy (non-hydrogen) atoms. The molecule has 3 aromatic heterocycles. The number of alkyl halides is 3. The van der Waals surface area contributed by atoms with Crippen molar-refractivity contribution in [2.75, 3.05) is 18.0 Å². The first-order chi connectivity index (χ1) is 16.6. The fraction of sp³-hybridized carbons (Fsp3) is 0.364. The molecule has 1 N–H and O–H groups in total. The highest BCUT2D eigenvalue weighted by Crippen LogP contribution is 2.35. The zero-order valence-electron chi connectivity index (χ0n) is 18.7. The van der Waals surface area contributed by atoms with E-state index in [0.717, 1.165) is 40.5 Å². The van der Waals surface area contributed by atoms with Crippen molar-refractivity contribution in [3.05, 3.63) is 59.6 Å². The third-order valence-electron chi connectivity index (χ3n) is 6.15. The Labute approximate surface area is 199 Å². The van der Waals surface area contributed by atoms with Crippen LogP contribution in [0.5, 0.6) is 0 Å². The number of hydrogen-bond acceptors (Lipinski definition) is 7. The Kier molecular flexibility index (Phi) is 5.83. The van der Waals surface area contributed by atoms with Gasteiger partial charge in [-0.25, -0.2) is 23.1 Å². The summed E-state index contributed by atoms with van der Waals surface area (Å²) < 4.78 is 67.8. The summed E-state index contributed by atoms with van der Waals surface area (Å²) in [4.78, 5) is 14.0. The topological polar surface area (TPSA) is 106 Å². The molecule has 0 aromatic carbocycles. The van der Waals surface area contributed by atoms with Gasteiger partial charge in [-0.2, -0.15) is 18.3 Å². The van der Waals surface area contributed by atoms with Crippen molar-refractivity contribution in [1.29, 1.82) is 0 Å². The monoisotopic (exact) mass is 505 g/mol. The largest absolute Gasteiger partial charge is 0.433 e. The number of piperidine rings is 1. The van der Waals surface area contributed by atoms with Gasteiger partial charge < -0.3 is 4.90 Å². The maximum absolute atomic E-state index is 12.7. The number of halogens is 3. The van der Waals surface area contributed by atoms with E-state index < -0.39 is 21.9 Å². The molecule has 0 saturated carbocycles. The molecule has 13 heteroatoms. The minimum absolute atomic E-state index is 0.297. The van der Waals surface area contributed by atoms with Gasteiger partial charge in [0.15, 0.2) is 0 Å². The standard InChI is InChI=1S/C22H22F3N7O2S/c1-31-12-15(10-29-31)14-8-18-19(9-14)27-13-28-21(18)32-6-4-16(5-7-32)30-35(33,34)17-2-3-20(26-11-17)22(23,24)25/h2-3,8,10-13,16,30H,4-7,9H2,1H3. The third kappa shape index (κ3) is 4.78. The highest BCUT2D eigenvalue weighted by Gasteiger charge is 2.33. The van der Waals surface area contributed by atoms with Crippen LogP contribution in [0.2, 0.25) is 0 Å². The summed E-state index contributed by atoms with van der Waals surface area (Å²) in [6.07, 6.45) is 5.22. The molecule has 0 spiro atoms. The maximum atomic E-state index is 12.7. The van der Waals surface area contributed by atoms with Gasteiger partial charge >= 0.3 is 6.18 Å². The van der Waals surface area contributed by atoms with Gasteiger partial charge in [-0.1, -0.05) is 0 Å². The molecule has 0 unspecified atom stereocenters. The number of fused-ring (bicyclic) bond motifs is 1. The molecule has 0 bridgehead atoms. The van der Waals surface area contributed by atoms with Crippen LogP contribution < -0.4 is 9.62 Å². The van der Waals surface area contributed by atoms with Crippen molar-refractivity contribution >= 4 is 27.5 Å². The summed E-state index contributed by atoms with van der Waals surface area (Å²) in [6.45, 7) is 1.13. The molecule has 5 rings (SSSR count). The molecule has 0 atom stereocenters. The summed E-state index contributed by atoms with van der Waals surface area (Å²) in [5, 5.41) is 4.23. The average molecular weight is 506 g/mol. The van der Waals surface area contributed by atoms with E-state index in [1.165, 1.54) is 0 Å². The highest BCUT2D eigenvalue weighted by molar-refractivity contribution is 7.89. The quantitative estimate of drug-likeness (QED) is 0.568. The molecule has 4 heterocycles. The Morgan fingerprint density at radius 1 is 1.09 bits per heavy atom. The predicted molar refractivity (Wildman–Crippen MR) is 122 cm³/mol. The second-order valence-corrected chi connectivity index (χ2v) is 10.3. The number of sulfonamides is 1. The Hall–Kier alpha value is -3.32. The van der Waals surface area contributed by atoms with E-state index in [1.807, 2.05) is 19.4 Å². The Balaban J connectivity index is 1.26. The fourth-order valence-corrected chi connectivity index (χ4v) is 5.59. The van der Waals surface area contributed by atoms with Gasteiger partial charge in [0.1, 0.15) is 22.7 Å². The van der Waals surface area contributed by atoms with Crippen LogP contribution in [0.15, 0.2) is 41.9 Å². The summed E-state index contributed by atoms with van der Waals surface area (Å²) in [7, 11) is -2.13. The molecule has 184 valence electrons. The smallest absolute Gasteiger partial charge is 0.356 e. The summed E-state index contributed by atoms with van der Waals surface area (Å²) in [6, 6.07) is 1.24. The lowest BCUT2D eigenvalue weighted by Crippen LogP contribution is -2.45. The van der Waals surface area contributed by atoms with Crippen molar-refractivity contribution in [2.24, 2.45) is 7.05 Å². The number of rotatable bonds is 5. The number of aromatic nitrogens is 5. The Bertz CT molecular complexity index is 1380. The van der Waals surface area contributed by atoms with Crippen molar-refractivity contribution < 1.29 is 21.6 Å². The first-order valence-corrected chi connectivity index (χ1v) is 12.4. The van der Waals surface area contributed by atoms with Gasteiger partial charge in [0.2, 0.25) is 10.0 Å². The molecule has 9 nitrogen and oxygen atoms in total. The number of nitrogens with one attached hydrogen (secondary N) is 1. The van der Waals surface area contributed by atoms with Crippen LogP contribution in [0.1, 0.15) is 35.4 Å². The minimum Gasteiger partial charge on any atom is -0.356 e. The number of hydrogen-bond donors (Lipinski definition) is 1. The molecule has 1 aliphatic carbocycles. The van der Waals surface area contributed by atoms with Crippen LogP contribution in [0.3, 0.4) is 0 Å². The van der Waals surface area contributed by atoms with Gasteiger partial charge in [-0.05, 0) is 36.6 Å². The molecule has 0 amide bonds. The van der Waals surface area contributed by atoms with Gasteiger partial charge in [-0.15, -0.1) is 0 Å². The molecule has 3 aromatic rings. The third-order valence-corrected chi connectivity index (χ3v) is 7.66. The van der Waals surface area contributed by atoms with Gasteiger partial charge in [0, 0.05) is 56.1 Å². The lowest BCUT2D eigenvalue weighted by atomic mass is 10.1. The van der Waals surface area contributed by atoms with E-state index in [4.69, 9.17) is 0 Å². The number of pyridine rings is 1. The van der Waals surface area contributed by atoms with Crippen LogP contribution in [0, 0.1) is 0 Å². The normalized spacial score (nSPS) is 16.9. The Morgan fingerprint density at radius 2 is 1.86 bits per heavy atom. The fourth-order valence-electron chi connectivity index (χ4n) is 4.34. The molecule has 1 aliphatic heterocycles. The predicted octanol–water partition coefficient (Wildman–Crippen LogP) is 2.67. The highest BCUT2D eigenvalue weighted by atomic mass is 32.2. The van der Waals surface area contributed by atoms with Crippen LogP contribution in [-0.2, 0) is 29.7 Å². The average Bonchev–Trinajstić information content (AvgIpc) is 3.45. The molecule has 0 radical (unpaired) electrons. The van der Waals surface area contributed by atoms with Crippen LogP contribution >= 0.6 is 0 Å². The van der Waals surface area contributed by atoms with E-state index in [0.29, 0.717) is 38.4 Å². The lowest BCUT2D eigenvalue weighted by Gasteiger charge is -2.33. The first kappa shape index (κ1) is 23.4. The Morgan fingerprint density at radius 3 is 2.49 bits per heavy atom. The van der Waals surface area contributed by atoms with Crippen LogP contribution in [0.4, 0.5) is 19.0 Å².